The van der Waals surface area contributed by atoms with Gasteiger partial charge in [-0.3, -0.25) is 4.79 Å². The molecule has 5 nitrogen and oxygen atoms in total. The van der Waals surface area contributed by atoms with Gasteiger partial charge in [0.25, 0.3) is 5.91 Å². The summed E-state index contributed by atoms with van der Waals surface area (Å²) in [6, 6.07) is 9.77. The van der Waals surface area contributed by atoms with Crippen LogP contribution in [0.3, 0.4) is 0 Å². The quantitative estimate of drug-likeness (QED) is 0.849. The van der Waals surface area contributed by atoms with Gasteiger partial charge in [0.1, 0.15) is 0 Å². The summed E-state index contributed by atoms with van der Waals surface area (Å²) in [5, 5.41) is 14.8. The standard InChI is InChI=1S/C13H16N4OS/c1-2-8-14-13-17-16-12(19-13)11(18)15-9-10-6-4-3-5-7-10/h3-7H,2,8-9H2,1H3,(H,14,17)(H,15,18). The van der Waals surface area contributed by atoms with E-state index in [4.69, 9.17) is 0 Å². The van der Waals surface area contributed by atoms with Crippen molar-refractivity contribution in [2.24, 2.45) is 0 Å². The zero-order chi connectivity index (χ0) is 13.5. The number of amides is 1. The van der Waals surface area contributed by atoms with Crippen molar-refractivity contribution >= 4 is 22.4 Å². The molecule has 2 rings (SSSR count). The van der Waals surface area contributed by atoms with Gasteiger partial charge >= 0.3 is 0 Å². The van der Waals surface area contributed by atoms with Crippen LogP contribution in [0.5, 0.6) is 0 Å². The molecule has 0 aliphatic rings. The Morgan fingerprint density at radius 2 is 2.05 bits per heavy atom. The van der Waals surface area contributed by atoms with Crippen molar-refractivity contribution in [2.75, 3.05) is 11.9 Å². The van der Waals surface area contributed by atoms with Crippen LogP contribution >= 0.6 is 11.3 Å². The van der Waals surface area contributed by atoms with Crippen molar-refractivity contribution in [1.29, 1.82) is 0 Å². The average Bonchev–Trinajstić information content (AvgIpc) is 2.92. The summed E-state index contributed by atoms with van der Waals surface area (Å²) in [6.07, 6.45) is 1.01. The molecule has 2 N–H and O–H groups in total. The molecule has 6 heteroatoms. The lowest BCUT2D eigenvalue weighted by Crippen LogP contribution is -2.22. The minimum absolute atomic E-state index is 0.189. The van der Waals surface area contributed by atoms with Crippen LogP contribution in [0.1, 0.15) is 28.7 Å². The van der Waals surface area contributed by atoms with Gasteiger partial charge in [0.2, 0.25) is 10.1 Å². The second-order valence-corrected chi connectivity index (χ2v) is 4.98. The molecule has 19 heavy (non-hydrogen) atoms. The Hall–Kier alpha value is -1.95. The van der Waals surface area contributed by atoms with E-state index in [1.807, 2.05) is 30.3 Å². The fraction of sp³-hybridized carbons (Fsp3) is 0.308. The second-order valence-electron chi connectivity index (χ2n) is 4.01. The molecule has 0 unspecified atom stereocenters. The zero-order valence-electron chi connectivity index (χ0n) is 10.7. The van der Waals surface area contributed by atoms with Crippen LogP contribution in [0, 0.1) is 0 Å². The molecule has 0 saturated heterocycles. The van der Waals surface area contributed by atoms with Crippen molar-refractivity contribution < 1.29 is 4.79 Å². The third-order valence-corrected chi connectivity index (χ3v) is 3.32. The van der Waals surface area contributed by atoms with Gasteiger partial charge in [0.05, 0.1) is 0 Å². The maximum Gasteiger partial charge on any atom is 0.282 e. The second kappa shape index (κ2) is 6.84. The first-order valence-corrected chi connectivity index (χ1v) is 7.00. The number of anilines is 1. The van der Waals surface area contributed by atoms with E-state index in [-0.39, 0.29) is 5.91 Å². The first-order chi connectivity index (χ1) is 9.29. The third kappa shape index (κ3) is 4.03. The molecule has 0 fully saturated rings. The van der Waals surface area contributed by atoms with Crippen molar-refractivity contribution in [3.05, 3.63) is 40.9 Å². The Labute approximate surface area is 116 Å². The molecule has 1 amide bonds. The molecule has 0 atom stereocenters. The van der Waals surface area contributed by atoms with Crippen LogP contribution < -0.4 is 10.6 Å². The summed E-state index contributed by atoms with van der Waals surface area (Å²) < 4.78 is 0. The summed E-state index contributed by atoms with van der Waals surface area (Å²) in [7, 11) is 0. The Morgan fingerprint density at radius 1 is 1.26 bits per heavy atom. The topological polar surface area (TPSA) is 66.9 Å². The van der Waals surface area contributed by atoms with Gasteiger partial charge in [0.15, 0.2) is 0 Å². The molecule has 1 aromatic heterocycles. The van der Waals surface area contributed by atoms with Gasteiger partial charge in [0, 0.05) is 13.1 Å². The fourth-order valence-electron chi connectivity index (χ4n) is 1.47. The number of hydrogen-bond donors (Lipinski definition) is 2. The predicted octanol–water partition coefficient (Wildman–Crippen LogP) is 2.29. The van der Waals surface area contributed by atoms with Gasteiger partial charge in [-0.15, -0.1) is 10.2 Å². The third-order valence-electron chi connectivity index (χ3n) is 2.44. The van der Waals surface area contributed by atoms with E-state index in [2.05, 4.69) is 27.8 Å². The number of benzene rings is 1. The SMILES string of the molecule is CCCNc1nnc(C(=O)NCc2ccccc2)s1. The van der Waals surface area contributed by atoms with E-state index in [1.165, 1.54) is 11.3 Å². The highest BCUT2D eigenvalue weighted by Gasteiger charge is 2.11. The number of rotatable bonds is 6. The molecule has 0 radical (unpaired) electrons. The van der Waals surface area contributed by atoms with Gasteiger partial charge in [-0.1, -0.05) is 48.6 Å². The number of carbonyl (C=O) groups is 1. The van der Waals surface area contributed by atoms with E-state index in [1.54, 1.807) is 0 Å². The van der Waals surface area contributed by atoms with Crippen molar-refractivity contribution in [2.45, 2.75) is 19.9 Å². The monoisotopic (exact) mass is 276 g/mol. The predicted molar refractivity (Wildman–Crippen MR) is 76.3 cm³/mol. The summed E-state index contributed by atoms with van der Waals surface area (Å²) in [5.74, 6) is -0.189. The van der Waals surface area contributed by atoms with E-state index < -0.39 is 0 Å². The smallest absolute Gasteiger partial charge is 0.282 e. The van der Waals surface area contributed by atoms with Crippen LogP contribution in [0.25, 0.3) is 0 Å². The summed E-state index contributed by atoms with van der Waals surface area (Å²) in [6.45, 7) is 3.40. The van der Waals surface area contributed by atoms with Crippen LogP contribution in [0.4, 0.5) is 5.13 Å². The molecule has 0 spiro atoms. The maximum atomic E-state index is 11.9. The Kier molecular flexibility index (Phi) is 4.85. The highest BCUT2D eigenvalue weighted by Crippen LogP contribution is 2.14. The van der Waals surface area contributed by atoms with Crippen LogP contribution in [-0.2, 0) is 6.54 Å². The molecular weight excluding hydrogens is 260 g/mol. The lowest BCUT2D eigenvalue weighted by Gasteiger charge is -2.02. The lowest BCUT2D eigenvalue weighted by atomic mass is 10.2. The zero-order valence-corrected chi connectivity index (χ0v) is 11.5. The average molecular weight is 276 g/mol. The van der Waals surface area contributed by atoms with Gasteiger partial charge in [-0.2, -0.15) is 0 Å². The molecule has 100 valence electrons. The number of nitrogens with one attached hydrogen (secondary N) is 2. The normalized spacial score (nSPS) is 10.2. The molecule has 0 aliphatic heterocycles. The Morgan fingerprint density at radius 3 is 2.79 bits per heavy atom. The summed E-state index contributed by atoms with van der Waals surface area (Å²) in [5.41, 5.74) is 1.06. The molecule has 0 saturated carbocycles. The first-order valence-electron chi connectivity index (χ1n) is 6.19. The summed E-state index contributed by atoms with van der Waals surface area (Å²) >= 11 is 1.27. The van der Waals surface area contributed by atoms with E-state index in [0.29, 0.717) is 16.7 Å². The fourth-order valence-corrected chi connectivity index (χ4v) is 2.16. The van der Waals surface area contributed by atoms with Gasteiger partial charge < -0.3 is 10.6 Å². The largest absolute Gasteiger partial charge is 0.360 e. The molecular formula is C13H16N4OS. The molecule has 1 heterocycles. The van der Waals surface area contributed by atoms with E-state index in [9.17, 15) is 4.79 Å². The Balaban J connectivity index is 1.87. The van der Waals surface area contributed by atoms with Gasteiger partial charge in [-0.25, -0.2) is 0 Å². The Bertz CT molecular complexity index is 526. The van der Waals surface area contributed by atoms with Crippen LogP contribution in [-0.4, -0.2) is 22.6 Å². The number of carbonyl (C=O) groups excluding carboxylic acids is 1. The van der Waals surface area contributed by atoms with Crippen molar-refractivity contribution in [1.82, 2.24) is 15.5 Å². The number of aromatic nitrogens is 2. The maximum absolute atomic E-state index is 11.9. The molecule has 0 bridgehead atoms. The number of hydrogen-bond acceptors (Lipinski definition) is 5. The molecule has 1 aromatic carbocycles. The van der Waals surface area contributed by atoms with Gasteiger partial charge in [-0.05, 0) is 12.0 Å². The lowest BCUT2D eigenvalue weighted by molar-refractivity contribution is 0.0950. The molecule has 2 aromatic rings. The number of nitrogens with zero attached hydrogens (tertiary/aromatic N) is 2. The molecule has 0 aliphatic carbocycles. The highest BCUT2D eigenvalue weighted by molar-refractivity contribution is 7.17. The van der Waals surface area contributed by atoms with E-state index >= 15 is 0 Å². The van der Waals surface area contributed by atoms with Crippen molar-refractivity contribution in [3.8, 4) is 0 Å². The van der Waals surface area contributed by atoms with E-state index in [0.717, 1.165) is 18.5 Å². The minimum atomic E-state index is -0.189. The summed E-state index contributed by atoms with van der Waals surface area (Å²) in [4.78, 5) is 11.9. The first kappa shape index (κ1) is 13.5. The highest BCUT2D eigenvalue weighted by atomic mass is 32.1. The van der Waals surface area contributed by atoms with Crippen LogP contribution in [0.15, 0.2) is 30.3 Å². The van der Waals surface area contributed by atoms with Crippen molar-refractivity contribution in [3.63, 3.8) is 0 Å². The minimum Gasteiger partial charge on any atom is -0.360 e. The van der Waals surface area contributed by atoms with Crippen LogP contribution in [0.2, 0.25) is 0 Å².